The standard InChI is InChI=1S/C18H21N3O3/c1-11-14(12(2)21-18(23)15(11)10-20)7-8-17(22)24-16-6-4-3-5-13(16)9-19/h13,16H,3-8H2,1-2H3,(H,21,23)/t13-,16-/m0/s1. The van der Waals surface area contributed by atoms with Crippen molar-refractivity contribution in [3.8, 4) is 12.1 Å². The van der Waals surface area contributed by atoms with Crippen molar-refractivity contribution in [2.24, 2.45) is 5.92 Å². The predicted octanol–water partition coefficient (Wildman–Crippen LogP) is 2.42. The summed E-state index contributed by atoms with van der Waals surface area (Å²) in [5.74, 6) is -0.560. The van der Waals surface area contributed by atoms with Crippen molar-refractivity contribution in [3.05, 3.63) is 32.7 Å². The Morgan fingerprint density at radius 3 is 2.67 bits per heavy atom. The number of nitrogens with one attached hydrogen (secondary N) is 1. The van der Waals surface area contributed by atoms with Crippen LogP contribution in [-0.2, 0) is 16.0 Å². The fraction of sp³-hybridized carbons (Fsp3) is 0.556. The van der Waals surface area contributed by atoms with E-state index < -0.39 is 5.56 Å². The minimum absolute atomic E-state index is 0.0841. The highest BCUT2D eigenvalue weighted by atomic mass is 16.5. The van der Waals surface area contributed by atoms with Crippen LogP contribution in [0.3, 0.4) is 0 Å². The molecular formula is C18H21N3O3. The van der Waals surface area contributed by atoms with Gasteiger partial charge in [0.25, 0.3) is 5.56 Å². The lowest BCUT2D eigenvalue weighted by Crippen LogP contribution is -2.29. The second-order valence-corrected chi connectivity index (χ2v) is 6.22. The number of hydrogen-bond donors (Lipinski definition) is 1. The van der Waals surface area contributed by atoms with Crippen LogP contribution in [0.1, 0.15) is 54.5 Å². The van der Waals surface area contributed by atoms with Gasteiger partial charge in [-0.25, -0.2) is 0 Å². The molecule has 6 heteroatoms. The molecule has 24 heavy (non-hydrogen) atoms. The van der Waals surface area contributed by atoms with E-state index in [9.17, 15) is 9.59 Å². The summed E-state index contributed by atoms with van der Waals surface area (Å²) >= 11 is 0. The molecule has 0 saturated heterocycles. The van der Waals surface area contributed by atoms with Crippen LogP contribution < -0.4 is 5.56 Å². The van der Waals surface area contributed by atoms with Gasteiger partial charge in [0.1, 0.15) is 17.7 Å². The Morgan fingerprint density at radius 1 is 1.29 bits per heavy atom. The lowest BCUT2D eigenvalue weighted by atomic mass is 9.87. The van der Waals surface area contributed by atoms with E-state index in [1.165, 1.54) is 0 Å². The third kappa shape index (κ3) is 3.83. The first kappa shape index (κ1) is 17.7. The van der Waals surface area contributed by atoms with E-state index in [4.69, 9.17) is 15.3 Å². The normalized spacial score (nSPS) is 20.0. The zero-order chi connectivity index (χ0) is 17.7. The van der Waals surface area contributed by atoms with Crippen molar-refractivity contribution >= 4 is 5.97 Å². The maximum Gasteiger partial charge on any atom is 0.306 e. The first-order chi connectivity index (χ1) is 11.5. The highest BCUT2D eigenvalue weighted by molar-refractivity contribution is 5.70. The number of H-pyrrole nitrogens is 1. The molecule has 126 valence electrons. The van der Waals surface area contributed by atoms with Gasteiger partial charge in [0.2, 0.25) is 0 Å². The smallest absolute Gasteiger partial charge is 0.306 e. The number of aromatic amines is 1. The third-order valence-corrected chi connectivity index (χ3v) is 4.65. The maximum absolute atomic E-state index is 12.1. The van der Waals surface area contributed by atoms with E-state index in [0.29, 0.717) is 17.7 Å². The minimum Gasteiger partial charge on any atom is -0.461 e. The number of nitriles is 2. The summed E-state index contributed by atoms with van der Waals surface area (Å²) in [6.07, 6.45) is 3.72. The van der Waals surface area contributed by atoms with Gasteiger partial charge in [-0.2, -0.15) is 10.5 Å². The first-order valence-corrected chi connectivity index (χ1v) is 8.19. The molecule has 1 N–H and O–H groups in total. The molecule has 0 spiro atoms. The molecule has 0 aliphatic heterocycles. The summed E-state index contributed by atoms with van der Waals surface area (Å²) in [5.41, 5.74) is 1.75. The predicted molar refractivity (Wildman–Crippen MR) is 87.0 cm³/mol. The number of pyridine rings is 1. The quantitative estimate of drug-likeness (QED) is 0.855. The molecule has 1 heterocycles. The van der Waals surface area contributed by atoms with Gasteiger partial charge >= 0.3 is 5.97 Å². The lowest BCUT2D eigenvalue weighted by molar-refractivity contribution is -0.152. The molecule has 0 aromatic carbocycles. The Hall–Kier alpha value is -2.60. The van der Waals surface area contributed by atoms with Crippen LogP contribution in [0, 0.1) is 42.4 Å². The fourth-order valence-electron chi connectivity index (χ4n) is 3.26. The van der Waals surface area contributed by atoms with E-state index in [1.807, 2.05) is 6.07 Å². The second kappa shape index (κ2) is 7.79. The van der Waals surface area contributed by atoms with Gasteiger partial charge in [-0.3, -0.25) is 9.59 Å². The number of hydrogen-bond acceptors (Lipinski definition) is 5. The Balaban J connectivity index is 2.04. The van der Waals surface area contributed by atoms with Gasteiger partial charge in [0.05, 0.1) is 12.0 Å². The van der Waals surface area contributed by atoms with Crippen LogP contribution in [-0.4, -0.2) is 17.1 Å². The van der Waals surface area contributed by atoms with Gasteiger partial charge < -0.3 is 9.72 Å². The van der Waals surface area contributed by atoms with Gasteiger partial charge in [-0.1, -0.05) is 6.42 Å². The summed E-state index contributed by atoms with van der Waals surface area (Å²) < 4.78 is 5.48. The van der Waals surface area contributed by atoms with Crippen molar-refractivity contribution in [2.75, 3.05) is 0 Å². The zero-order valence-electron chi connectivity index (χ0n) is 14.0. The summed E-state index contributed by atoms with van der Waals surface area (Å²) in [5, 5.41) is 18.2. The van der Waals surface area contributed by atoms with Crippen LogP contribution in [0.2, 0.25) is 0 Å². The number of carbonyl (C=O) groups excluding carboxylic acids is 1. The van der Waals surface area contributed by atoms with E-state index in [0.717, 1.165) is 31.2 Å². The molecule has 1 aliphatic carbocycles. The van der Waals surface area contributed by atoms with Crippen molar-refractivity contribution in [3.63, 3.8) is 0 Å². The van der Waals surface area contributed by atoms with Crippen LogP contribution in [0.15, 0.2) is 4.79 Å². The number of esters is 1. The summed E-state index contributed by atoms with van der Waals surface area (Å²) in [6, 6.07) is 4.12. The van der Waals surface area contributed by atoms with Crippen LogP contribution in [0.25, 0.3) is 0 Å². The molecule has 0 amide bonds. The summed E-state index contributed by atoms with van der Waals surface area (Å²) in [4.78, 5) is 26.5. The van der Waals surface area contributed by atoms with Crippen LogP contribution in [0.4, 0.5) is 0 Å². The Kier molecular flexibility index (Phi) is 5.76. The number of rotatable bonds is 4. The van der Waals surface area contributed by atoms with E-state index >= 15 is 0 Å². The summed E-state index contributed by atoms with van der Waals surface area (Å²) in [6.45, 7) is 3.47. The van der Waals surface area contributed by atoms with E-state index in [1.54, 1.807) is 13.8 Å². The largest absolute Gasteiger partial charge is 0.461 e. The van der Waals surface area contributed by atoms with Crippen LogP contribution >= 0.6 is 0 Å². The number of ether oxygens (including phenoxy) is 1. The van der Waals surface area contributed by atoms with Gasteiger partial charge in [0.15, 0.2) is 0 Å². The molecule has 6 nitrogen and oxygen atoms in total. The highest BCUT2D eigenvalue weighted by Gasteiger charge is 2.28. The molecule has 1 aliphatic rings. The molecule has 1 aromatic rings. The number of nitrogens with zero attached hydrogens (tertiary/aromatic N) is 2. The van der Waals surface area contributed by atoms with Crippen molar-refractivity contribution in [2.45, 2.75) is 58.5 Å². The molecule has 0 radical (unpaired) electrons. The highest BCUT2D eigenvalue weighted by Crippen LogP contribution is 2.27. The monoisotopic (exact) mass is 327 g/mol. The Labute approximate surface area is 141 Å². The molecule has 1 fully saturated rings. The molecule has 0 unspecified atom stereocenters. The minimum atomic E-state index is -0.405. The molecule has 0 bridgehead atoms. The Bertz CT molecular complexity index is 767. The average molecular weight is 327 g/mol. The van der Waals surface area contributed by atoms with E-state index in [2.05, 4.69) is 11.1 Å². The SMILES string of the molecule is Cc1[nH]c(=O)c(C#N)c(C)c1CCC(=O)O[C@H]1CCCC[C@H]1C#N. The Morgan fingerprint density at radius 2 is 2.00 bits per heavy atom. The maximum atomic E-state index is 12.1. The van der Waals surface area contributed by atoms with Gasteiger partial charge in [0, 0.05) is 12.1 Å². The van der Waals surface area contributed by atoms with Crippen molar-refractivity contribution in [1.29, 1.82) is 10.5 Å². The van der Waals surface area contributed by atoms with Crippen molar-refractivity contribution < 1.29 is 9.53 Å². The number of aromatic nitrogens is 1. The van der Waals surface area contributed by atoms with E-state index in [-0.39, 0.29) is 30.0 Å². The second-order valence-electron chi connectivity index (χ2n) is 6.22. The molecule has 1 saturated carbocycles. The molecular weight excluding hydrogens is 306 g/mol. The third-order valence-electron chi connectivity index (χ3n) is 4.65. The zero-order valence-corrected chi connectivity index (χ0v) is 14.0. The van der Waals surface area contributed by atoms with Gasteiger partial charge in [-0.05, 0) is 50.7 Å². The summed E-state index contributed by atoms with van der Waals surface area (Å²) in [7, 11) is 0. The van der Waals surface area contributed by atoms with Crippen molar-refractivity contribution in [1.82, 2.24) is 4.98 Å². The van der Waals surface area contributed by atoms with Gasteiger partial charge in [-0.15, -0.1) is 0 Å². The lowest BCUT2D eigenvalue weighted by Gasteiger charge is -2.26. The fourth-order valence-corrected chi connectivity index (χ4v) is 3.26. The number of carbonyl (C=O) groups is 1. The number of aryl methyl sites for hydroxylation is 1. The topological polar surface area (TPSA) is 107 Å². The molecule has 1 aromatic heterocycles. The molecule has 2 atom stereocenters. The first-order valence-electron chi connectivity index (χ1n) is 8.19. The van der Waals surface area contributed by atoms with Crippen LogP contribution in [0.5, 0.6) is 0 Å². The molecule has 2 rings (SSSR count). The average Bonchev–Trinajstić information content (AvgIpc) is 2.55.